The van der Waals surface area contributed by atoms with E-state index in [1.54, 1.807) is 27.7 Å². The molecule has 3 nitrogen and oxygen atoms in total. The van der Waals surface area contributed by atoms with E-state index in [1.807, 2.05) is 0 Å². The van der Waals surface area contributed by atoms with Gasteiger partial charge in [0.15, 0.2) is 0 Å². The Morgan fingerprint density at radius 3 is 1.60 bits per heavy atom. The van der Waals surface area contributed by atoms with Gasteiger partial charge in [0.05, 0.1) is 0 Å². The summed E-state index contributed by atoms with van der Waals surface area (Å²) in [7, 11) is -7.84. The van der Waals surface area contributed by atoms with E-state index < -0.39 is 24.7 Å². The summed E-state index contributed by atoms with van der Waals surface area (Å²) in [5.41, 5.74) is -5.65. The maximum atomic E-state index is 12.0. The first kappa shape index (κ1) is 14.9. The molecule has 0 atom stereocenters. The Balaban J connectivity index is 4.85. The Kier molecular flexibility index (Phi) is 4.81. The Labute approximate surface area is 89.5 Å². The van der Waals surface area contributed by atoms with Crippen LogP contribution in [0.2, 0.25) is 11.1 Å². The molecule has 0 saturated carbocycles. The first-order valence-corrected chi connectivity index (χ1v) is 7.70. The highest BCUT2D eigenvalue weighted by molar-refractivity contribution is 7.88. The predicted octanol–water partition coefficient (Wildman–Crippen LogP) is 2.40. The van der Waals surface area contributed by atoms with E-state index in [4.69, 9.17) is 0 Å². The molecule has 0 radical (unpaired) electrons. The van der Waals surface area contributed by atoms with E-state index in [0.29, 0.717) is 0 Å². The van der Waals surface area contributed by atoms with Gasteiger partial charge in [-0.25, -0.2) is 0 Å². The van der Waals surface area contributed by atoms with Crippen molar-refractivity contribution in [3.05, 3.63) is 0 Å². The van der Waals surface area contributed by atoms with Crippen molar-refractivity contribution in [1.29, 1.82) is 0 Å². The third kappa shape index (κ3) is 4.11. The minimum Gasteiger partial charge on any atom is -0.311 e. The van der Waals surface area contributed by atoms with Crippen LogP contribution in [-0.2, 0) is 14.0 Å². The van der Waals surface area contributed by atoms with Gasteiger partial charge in [-0.3, -0.25) is 0 Å². The van der Waals surface area contributed by atoms with Crippen molar-refractivity contribution in [2.24, 2.45) is 0 Å². The highest BCUT2D eigenvalue weighted by Crippen LogP contribution is 2.30. The Hall–Kier alpha value is -0.0831. The number of hydrogen-bond donors (Lipinski definition) is 0. The number of alkyl halides is 3. The highest BCUT2D eigenvalue weighted by atomic mass is 32.2. The maximum absolute atomic E-state index is 12.0. The molecule has 0 heterocycles. The van der Waals surface area contributed by atoms with Crippen LogP contribution in [0.1, 0.15) is 27.7 Å². The smallest absolute Gasteiger partial charge is 0.311 e. The number of rotatable bonds is 4. The molecule has 0 saturated heterocycles. The molecule has 0 amide bonds. The first-order valence-electron chi connectivity index (χ1n) is 4.48. The second kappa shape index (κ2) is 4.83. The van der Waals surface area contributed by atoms with Crippen molar-refractivity contribution >= 4 is 19.2 Å². The number of hydrogen-bond acceptors (Lipinski definition) is 3. The van der Waals surface area contributed by atoms with Gasteiger partial charge in [0.2, 0.25) is 9.04 Å². The Morgan fingerprint density at radius 2 is 1.40 bits per heavy atom. The van der Waals surface area contributed by atoms with Crippen molar-refractivity contribution in [3.8, 4) is 0 Å². The van der Waals surface area contributed by atoms with E-state index in [0.717, 1.165) is 0 Å². The quantitative estimate of drug-likeness (QED) is 0.578. The van der Waals surface area contributed by atoms with Gasteiger partial charge in [0.1, 0.15) is 0 Å². The summed E-state index contributed by atoms with van der Waals surface area (Å²) >= 11 is 0. The van der Waals surface area contributed by atoms with Crippen molar-refractivity contribution < 1.29 is 25.5 Å². The highest BCUT2D eigenvalue weighted by Gasteiger charge is 2.49. The molecule has 0 aliphatic carbocycles. The largest absolute Gasteiger partial charge is 0.522 e. The monoisotopic (exact) mass is 264 g/mol. The molecule has 0 aromatic heterocycles. The van der Waals surface area contributed by atoms with Gasteiger partial charge in [0.25, 0.3) is 0 Å². The van der Waals surface area contributed by atoms with Crippen molar-refractivity contribution in [2.75, 3.05) is 0 Å². The number of halogens is 3. The summed E-state index contributed by atoms with van der Waals surface area (Å²) in [6.07, 6.45) is 0. The summed E-state index contributed by atoms with van der Waals surface area (Å²) in [4.78, 5) is 0. The normalized spacial score (nSPS) is 14.3. The molecule has 0 N–H and O–H groups in total. The second-order valence-corrected chi connectivity index (χ2v) is 9.69. The van der Waals surface area contributed by atoms with Crippen LogP contribution in [0.5, 0.6) is 0 Å². The van der Waals surface area contributed by atoms with E-state index in [-0.39, 0.29) is 11.1 Å². The van der Waals surface area contributed by atoms with Gasteiger partial charge < -0.3 is 3.87 Å². The molecular weight excluding hydrogens is 249 g/mol. The van der Waals surface area contributed by atoms with E-state index in [9.17, 15) is 21.6 Å². The lowest BCUT2D eigenvalue weighted by atomic mass is 10.5. The van der Waals surface area contributed by atoms with Crippen LogP contribution in [0.4, 0.5) is 13.2 Å². The molecule has 92 valence electrons. The third-order valence-electron chi connectivity index (χ3n) is 1.84. The van der Waals surface area contributed by atoms with Gasteiger partial charge in [-0.05, 0) is 11.1 Å². The molecule has 0 spiro atoms. The van der Waals surface area contributed by atoms with E-state index in [1.165, 1.54) is 0 Å². The summed E-state index contributed by atoms with van der Waals surface area (Å²) in [5.74, 6) is 0. The molecular formula is C7H15F3O3SSi. The zero-order valence-electron chi connectivity index (χ0n) is 9.00. The molecule has 0 aromatic rings. The predicted molar refractivity (Wildman–Crippen MR) is 53.4 cm³/mol. The molecule has 0 bridgehead atoms. The minimum absolute atomic E-state index is 0.165. The van der Waals surface area contributed by atoms with Gasteiger partial charge >= 0.3 is 15.6 Å². The zero-order valence-corrected chi connectivity index (χ0v) is 11.0. The lowest BCUT2D eigenvalue weighted by Crippen LogP contribution is -2.35. The fourth-order valence-corrected chi connectivity index (χ4v) is 6.12. The lowest BCUT2D eigenvalue weighted by Gasteiger charge is -2.22. The van der Waals surface area contributed by atoms with Gasteiger partial charge in [-0.1, -0.05) is 27.7 Å². The average molecular weight is 264 g/mol. The minimum atomic E-state index is -5.43. The third-order valence-corrected chi connectivity index (χ3v) is 6.93. The maximum Gasteiger partial charge on any atom is 0.522 e. The van der Waals surface area contributed by atoms with Crippen molar-refractivity contribution in [1.82, 2.24) is 0 Å². The van der Waals surface area contributed by atoms with Crippen molar-refractivity contribution in [3.63, 3.8) is 0 Å². The molecule has 15 heavy (non-hydrogen) atoms. The van der Waals surface area contributed by atoms with Crippen LogP contribution in [0.15, 0.2) is 0 Å². The second-order valence-electron chi connectivity index (χ2n) is 3.95. The summed E-state index contributed by atoms with van der Waals surface area (Å²) < 4.78 is 61.9. The van der Waals surface area contributed by atoms with Gasteiger partial charge in [0, 0.05) is 0 Å². The topological polar surface area (TPSA) is 43.4 Å². The molecule has 0 aliphatic heterocycles. The van der Waals surface area contributed by atoms with Crippen LogP contribution < -0.4 is 0 Å². The Bertz CT molecular complexity index is 289. The molecule has 0 unspecified atom stereocenters. The van der Waals surface area contributed by atoms with Crippen LogP contribution in [0.3, 0.4) is 0 Å². The molecule has 0 aliphatic rings. The lowest BCUT2D eigenvalue weighted by molar-refractivity contribution is -0.0502. The zero-order chi connectivity index (χ0) is 12.4. The molecule has 0 rings (SSSR count). The first-order chi connectivity index (χ1) is 6.49. The van der Waals surface area contributed by atoms with Crippen LogP contribution >= 0.6 is 0 Å². The van der Waals surface area contributed by atoms with E-state index >= 15 is 0 Å². The summed E-state index contributed by atoms with van der Waals surface area (Å²) in [6.45, 7) is 6.68. The SMILES string of the molecule is CC(C)[SiH](OS(=O)(=O)C(F)(F)F)C(C)C. The summed E-state index contributed by atoms with van der Waals surface area (Å²) in [6, 6.07) is 0. The Morgan fingerprint density at radius 1 is 1.07 bits per heavy atom. The van der Waals surface area contributed by atoms with Crippen LogP contribution in [0, 0.1) is 0 Å². The van der Waals surface area contributed by atoms with Crippen LogP contribution in [0.25, 0.3) is 0 Å². The van der Waals surface area contributed by atoms with Gasteiger partial charge in [-0.2, -0.15) is 21.6 Å². The van der Waals surface area contributed by atoms with Crippen LogP contribution in [-0.4, -0.2) is 23.0 Å². The molecule has 0 aromatic carbocycles. The fraction of sp³-hybridized carbons (Fsp3) is 1.00. The van der Waals surface area contributed by atoms with Crippen molar-refractivity contribution in [2.45, 2.75) is 44.3 Å². The summed E-state index contributed by atoms with van der Waals surface area (Å²) in [5, 5.41) is 0. The van der Waals surface area contributed by atoms with Gasteiger partial charge in [-0.15, -0.1) is 0 Å². The fourth-order valence-electron chi connectivity index (χ4n) is 1.19. The molecule has 8 heteroatoms. The molecule has 0 fully saturated rings. The standard InChI is InChI=1S/C7H15F3O3SSi/c1-5(2)15(6(3)4)13-14(11,12)7(8,9)10/h5-6,15H,1-4H3. The van der Waals surface area contributed by atoms with E-state index in [2.05, 4.69) is 3.87 Å². The average Bonchev–Trinajstić information content (AvgIpc) is 1.96.